The number of rotatable bonds is 1. The number of pyridine rings is 1. The monoisotopic (exact) mass is 266 g/mol. The van der Waals surface area contributed by atoms with Crippen LogP contribution in [0.1, 0.15) is 6.42 Å². The Morgan fingerprint density at radius 1 is 0.950 bits per heavy atom. The normalized spacial score (nSPS) is 43.7. The lowest BCUT2D eigenvalue weighted by Gasteiger charge is -2.37. The largest absolute Gasteiger partial charge is 0.274 e. The van der Waals surface area contributed by atoms with Crippen LogP contribution in [0.5, 0.6) is 0 Å². The highest BCUT2D eigenvalue weighted by Gasteiger charge is 2.67. The molecule has 20 heavy (non-hydrogen) atoms. The molecule has 6 atom stereocenters. The number of anilines is 1. The third-order valence-corrected chi connectivity index (χ3v) is 5.58. The fourth-order valence-electron chi connectivity index (χ4n) is 4.70. The Hall–Kier alpha value is -1.97. The Labute approximate surface area is 116 Å². The van der Waals surface area contributed by atoms with E-state index in [9.17, 15) is 9.59 Å². The maximum absolute atomic E-state index is 12.8. The molecule has 4 aliphatic carbocycles. The maximum atomic E-state index is 12.8. The van der Waals surface area contributed by atoms with Gasteiger partial charge in [-0.1, -0.05) is 12.2 Å². The van der Waals surface area contributed by atoms with Gasteiger partial charge in [0.15, 0.2) is 0 Å². The topological polar surface area (TPSA) is 50.3 Å². The lowest BCUT2D eigenvalue weighted by Crippen LogP contribution is -2.40. The van der Waals surface area contributed by atoms with Crippen LogP contribution in [0.15, 0.2) is 36.7 Å². The number of nitrogens with zero attached hydrogens (tertiary/aromatic N) is 2. The van der Waals surface area contributed by atoms with Crippen molar-refractivity contribution in [3.05, 3.63) is 36.7 Å². The Bertz CT molecular complexity index is 618. The summed E-state index contributed by atoms with van der Waals surface area (Å²) in [4.78, 5) is 30.9. The molecule has 3 fully saturated rings. The summed E-state index contributed by atoms with van der Waals surface area (Å²) in [7, 11) is 0. The van der Waals surface area contributed by atoms with Crippen LogP contribution in [-0.2, 0) is 9.59 Å². The van der Waals surface area contributed by atoms with Gasteiger partial charge in [-0.05, 0) is 42.2 Å². The van der Waals surface area contributed by atoms with Gasteiger partial charge in [0.05, 0.1) is 17.5 Å². The minimum absolute atomic E-state index is 0.00380. The predicted molar refractivity (Wildman–Crippen MR) is 71.4 cm³/mol. The Morgan fingerprint density at radius 2 is 1.50 bits per heavy atom. The average molecular weight is 266 g/mol. The summed E-state index contributed by atoms with van der Waals surface area (Å²) in [5.74, 6) is 1.65. The van der Waals surface area contributed by atoms with Gasteiger partial charge in [-0.15, -0.1) is 0 Å². The second-order valence-corrected chi connectivity index (χ2v) is 6.37. The van der Waals surface area contributed by atoms with Crippen LogP contribution >= 0.6 is 0 Å². The van der Waals surface area contributed by atoms with Gasteiger partial charge in [0.2, 0.25) is 11.8 Å². The molecule has 4 heteroatoms. The lowest BCUT2D eigenvalue weighted by atomic mass is 9.63. The average Bonchev–Trinajstić information content (AvgIpc) is 3.25. The molecule has 4 nitrogen and oxygen atoms in total. The van der Waals surface area contributed by atoms with E-state index in [0.717, 1.165) is 0 Å². The summed E-state index contributed by atoms with van der Waals surface area (Å²) in [6.07, 6.45) is 8.85. The van der Waals surface area contributed by atoms with E-state index in [-0.39, 0.29) is 23.7 Å². The molecule has 0 aromatic carbocycles. The first-order chi connectivity index (χ1) is 9.77. The van der Waals surface area contributed by atoms with E-state index in [1.807, 2.05) is 0 Å². The van der Waals surface area contributed by atoms with Gasteiger partial charge >= 0.3 is 0 Å². The molecule has 100 valence electrons. The zero-order valence-electron chi connectivity index (χ0n) is 10.8. The quantitative estimate of drug-likeness (QED) is 0.573. The number of aromatic nitrogens is 1. The van der Waals surface area contributed by atoms with Gasteiger partial charge in [-0.25, -0.2) is 4.90 Å². The lowest BCUT2D eigenvalue weighted by molar-refractivity contribution is -0.124. The fraction of sp³-hybridized carbons (Fsp3) is 0.438. The van der Waals surface area contributed by atoms with E-state index in [1.54, 1.807) is 24.5 Å². The van der Waals surface area contributed by atoms with E-state index in [1.165, 1.54) is 11.3 Å². The van der Waals surface area contributed by atoms with Crippen molar-refractivity contribution in [1.29, 1.82) is 0 Å². The van der Waals surface area contributed by atoms with Crippen molar-refractivity contribution < 1.29 is 9.59 Å². The predicted octanol–water partition coefficient (Wildman–Crippen LogP) is 1.64. The summed E-state index contributed by atoms with van der Waals surface area (Å²) in [5.41, 5.74) is 0.664. The van der Waals surface area contributed by atoms with Gasteiger partial charge in [-0.3, -0.25) is 14.6 Å². The van der Waals surface area contributed by atoms with Crippen molar-refractivity contribution in [3.63, 3.8) is 0 Å². The van der Waals surface area contributed by atoms with Gasteiger partial charge in [0, 0.05) is 12.4 Å². The highest BCUT2D eigenvalue weighted by molar-refractivity contribution is 6.22. The smallest absolute Gasteiger partial charge is 0.238 e. The van der Waals surface area contributed by atoms with E-state index in [4.69, 9.17) is 0 Å². The van der Waals surface area contributed by atoms with E-state index >= 15 is 0 Å². The number of carbonyl (C=O) groups is 2. The molecule has 1 saturated heterocycles. The molecule has 1 aliphatic heterocycles. The van der Waals surface area contributed by atoms with Crippen molar-refractivity contribution in [2.45, 2.75) is 6.42 Å². The van der Waals surface area contributed by atoms with E-state index in [0.29, 0.717) is 29.4 Å². The Kier molecular flexibility index (Phi) is 1.82. The van der Waals surface area contributed by atoms with Crippen LogP contribution in [0.4, 0.5) is 5.69 Å². The molecule has 2 amide bonds. The number of carbonyl (C=O) groups excluding carboxylic acids is 2. The van der Waals surface area contributed by atoms with Crippen molar-refractivity contribution in [2.24, 2.45) is 35.5 Å². The van der Waals surface area contributed by atoms with Crippen LogP contribution in [0.25, 0.3) is 0 Å². The highest BCUT2D eigenvalue weighted by Crippen LogP contribution is 2.65. The summed E-state index contributed by atoms with van der Waals surface area (Å²) in [5, 5.41) is 0. The van der Waals surface area contributed by atoms with Crippen molar-refractivity contribution in [3.8, 4) is 0 Å². The van der Waals surface area contributed by atoms with Gasteiger partial charge in [-0.2, -0.15) is 0 Å². The Morgan fingerprint density at radius 3 is 2.05 bits per heavy atom. The van der Waals surface area contributed by atoms with Crippen LogP contribution < -0.4 is 4.90 Å². The third kappa shape index (κ3) is 1.11. The first kappa shape index (κ1) is 10.8. The molecule has 1 aromatic heterocycles. The second-order valence-electron chi connectivity index (χ2n) is 6.37. The van der Waals surface area contributed by atoms with E-state index < -0.39 is 0 Å². The van der Waals surface area contributed by atoms with Crippen molar-refractivity contribution >= 4 is 17.5 Å². The van der Waals surface area contributed by atoms with Gasteiger partial charge in [0.25, 0.3) is 0 Å². The Balaban J connectivity index is 1.61. The molecular weight excluding hydrogens is 252 g/mol. The maximum Gasteiger partial charge on any atom is 0.238 e. The van der Waals surface area contributed by atoms with Crippen LogP contribution in [0.3, 0.4) is 0 Å². The minimum Gasteiger partial charge on any atom is -0.274 e. The summed E-state index contributed by atoms with van der Waals surface area (Å²) in [6.45, 7) is 0. The SMILES string of the molecule is O=C1C2C(C(=O)N1c1ccncc1)[C@@H]1C=C[C@H]2[C@H]2C[C@H]21. The first-order valence-electron chi connectivity index (χ1n) is 7.23. The zero-order chi connectivity index (χ0) is 13.4. The van der Waals surface area contributed by atoms with Gasteiger partial charge in [0.1, 0.15) is 0 Å². The zero-order valence-corrected chi connectivity index (χ0v) is 10.8. The summed E-state index contributed by atoms with van der Waals surface area (Å²) >= 11 is 0. The number of amides is 2. The molecule has 0 N–H and O–H groups in total. The molecular formula is C16H14N2O2. The van der Waals surface area contributed by atoms with Crippen LogP contribution in [0, 0.1) is 35.5 Å². The number of hydrogen-bond donors (Lipinski definition) is 0. The fourth-order valence-corrected chi connectivity index (χ4v) is 4.70. The van der Waals surface area contributed by atoms with E-state index in [2.05, 4.69) is 17.1 Å². The molecule has 5 aliphatic rings. The molecule has 1 aromatic rings. The molecule has 0 spiro atoms. The molecule has 2 bridgehead atoms. The number of hydrogen-bond acceptors (Lipinski definition) is 3. The van der Waals surface area contributed by atoms with Gasteiger partial charge < -0.3 is 0 Å². The molecule has 2 unspecified atom stereocenters. The third-order valence-electron chi connectivity index (χ3n) is 5.58. The van der Waals surface area contributed by atoms with Crippen LogP contribution in [0.2, 0.25) is 0 Å². The number of imide groups is 1. The first-order valence-corrected chi connectivity index (χ1v) is 7.23. The summed E-state index contributed by atoms with van der Waals surface area (Å²) in [6, 6.07) is 3.48. The van der Waals surface area contributed by atoms with Crippen LogP contribution in [-0.4, -0.2) is 16.8 Å². The standard InChI is InChI=1S/C16H14N2O2/c19-15-13-9-1-2-10(12-7-11(9)12)14(13)16(20)18(15)8-3-5-17-6-4-8/h1-6,9-14H,7H2/t9-,10+,11+,12-,13?,14?. The second kappa shape index (κ2) is 3.37. The molecule has 0 radical (unpaired) electrons. The summed E-state index contributed by atoms with van der Waals surface area (Å²) < 4.78 is 0. The molecule has 6 rings (SSSR count). The molecule has 2 heterocycles. The highest BCUT2D eigenvalue weighted by atomic mass is 16.2. The minimum atomic E-state index is -0.116. The molecule has 2 saturated carbocycles. The van der Waals surface area contributed by atoms with Crippen molar-refractivity contribution in [2.75, 3.05) is 4.90 Å². The number of allylic oxidation sites excluding steroid dienone is 2. The van der Waals surface area contributed by atoms with Crippen molar-refractivity contribution in [1.82, 2.24) is 4.98 Å².